The van der Waals surface area contributed by atoms with Gasteiger partial charge in [-0.05, 0) is 32.3 Å². The number of furan rings is 1. The molecule has 2 N–H and O–H groups in total. The predicted molar refractivity (Wildman–Crippen MR) is 127 cm³/mol. The Morgan fingerprint density at radius 2 is 2.00 bits per heavy atom. The van der Waals surface area contributed by atoms with Gasteiger partial charge in [0.2, 0.25) is 5.91 Å². The molecule has 1 unspecified atom stereocenters. The van der Waals surface area contributed by atoms with Gasteiger partial charge in [0.15, 0.2) is 5.96 Å². The van der Waals surface area contributed by atoms with Crippen LogP contribution in [-0.4, -0.2) is 42.9 Å². The summed E-state index contributed by atoms with van der Waals surface area (Å²) in [5.74, 6) is 2.28. The first-order valence-electron chi connectivity index (χ1n) is 10.4. The van der Waals surface area contributed by atoms with Gasteiger partial charge < -0.3 is 20.0 Å². The zero-order chi connectivity index (χ0) is 19.5. The van der Waals surface area contributed by atoms with Crippen LogP contribution in [0.15, 0.2) is 33.7 Å². The summed E-state index contributed by atoms with van der Waals surface area (Å²) in [5, 5.41) is 7.98. The maximum Gasteiger partial charge on any atom is 0.225 e. The highest BCUT2D eigenvalue weighted by molar-refractivity contribution is 14.0. The van der Waals surface area contributed by atoms with E-state index in [1.54, 1.807) is 7.05 Å². The van der Waals surface area contributed by atoms with E-state index in [2.05, 4.69) is 28.6 Å². The van der Waals surface area contributed by atoms with Crippen LogP contribution in [0.2, 0.25) is 0 Å². The molecule has 1 saturated heterocycles. The highest BCUT2D eigenvalue weighted by atomic mass is 127. The minimum absolute atomic E-state index is 0. The number of nitrogens with one attached hydrogen (secondary N) is 2. The number of fused-ring (bicyclic) bond motifs is 1. The molecule has 0 radical (unpaired) electrons. The third-order valence-electron chi connectivity index (χ3n) is 6.13. The number of aryl methyl sites for hydroxylation is 1. The summed E-state index contributed by atoms with van der Waals surface area (Å²) in [6.07, 6.45) is 5.48. The Morgan fingerprint density at radius 1 is 1.24 bits per heavy atom. The molecule has 1 amide bonds. The molecule has 1 aliphatic heterocycles. The summed E-state index contributed by atoms with van der Waals surface area (Å²) in [6.45, 7) is 4.27. The Morgan fingerprint density at radius 3 is 2.72 bits per heavy atom. The van der Waals surface area contributed by atoms with Gasteiger partial charge in [-0.25, -0.2) is 0 Å². The van der Waals surface area contributed by atoms with Crippen LogP contribution in [0, 0.1) is 12.8 Å². The molecule has 4 rings (SSSR count). The second-order valence-corrected chi connectivity index (χ2v) is 7.97. The fourth-order valence-corrected chi connectivity index (χ4v) is 4.45. The molecule has 1 saturated carbocycles. The van der Waals surface area contributed by atoms with Crippen molar-refractivity contribution in [1.29, 1.82) is 0 Å². The molecule has 0 spiro atoms. The lowest BCUT2D eigenvalue weighted by molar-refractivity contribution is -0.134. The predicted octanol–water partition coefficient (Wildman–Crippen LogP) is 3.82. The summed E-state index contributed by atoms with van der Waals surface area (Å²) >= 11 is 0. The molecule has 2 fully saturated rings. The molecule has 2 heterocycles. The van der Waals surface area contributed by atoms with Gasteiger partial charge in [0.1, 0.15) is 11.3 Å². The van der Waals surface area contributed by atoms with Crippen molar-refractivity contribution in [3.63, 3.8) is 0 Å². The van der Waals surface area contributed by atoms with Crippen LogP contribution in [-0.2, 0) is 11.3 Å². The first-order chi connectivity index (χ1) is 13.7. The summed E-state index contributed by atoms with van der Waals surface area (Å²) in [4.78, 5) is 19.0. The highest BCUT2D eigenvalue weighted by Crippen LogP contribution is 2.28. The first kappa shape index (κ1) is 21.9. The van der Waals surface area contributed by atoms with Gasteiger partial charge in [-0.1, -0.05) is 31.0 Å². The molecular weight excluding hydrogens is 479 g/mol. The third kappa shape index (κ3) is 4.87. The SMILES string of the molecule is CN=C(NCc1oc2ccccc2c1C)NC1CCN(C(=O)C2CCCC2)C1.I. The van der Waals surface area contributed by atoms with Crippen LogP contribution in [0.25, 0.3) is 11.0 Å². The van der Waals surface area contributed by atoms with Gasteiger partial charge in [-0.2, -0.15) is 0 Å². The second-order valence-electron chi connectivity index (χ2n) is 7.97. The van der Waals surface area contributed by atoms with Crippen LogP contribution in [0.5, 0.6) is 0 Å². The number of para-hydroxylation sites is 1. The van der Waals surface area contributed by atoms with Gasteiger partial charge in [0, 0.05) is 43.0 Å². The van der Waals surface area contributed by atoms with Crippen LogP contribution in [0.3, 0.4) is 0 Å². The number of likely N-dealkylation sites (tertiary alicyclic amines) is 1. The van der Waals surface area contributed by atoms with Crippen molar-refractivity contribution in [3.8, 4) is 0 Å². The molecule has 1 aromatic heterocycles. The monoisotopic (exact) mass is 510 g/mol. The number of benzene rings is 1. The molecule has 2 aromatic rings. The zero-order valence-electron chi connectivity index (χ0n) is 17.2. The topological polar surface area (TPSA) is 69.9 Å². The van der Waals surface area contributed by atoms with E-state index < -0.39 is 0 Å². The van der Waals surface area contributed by atoms with Crippen LogP contribution >= 0.6 is 24.0 Å². The molecule has 6 nitrogen and oxygen atoms in total. The van der Waals surface area contributed by atoms with Crippen LogP contribution in [0.1, 0.15) is 43.4 Å². The lowest BCUT2D eigenvalue weighted by Crippen LogP contribution is -2.45. The van der Waals surface area contributed by atoms with Crippen molar-refractivity contribution in [2.45, 2.75) is 51.6 Å². The quantitative estimate of drug-likeness (QED) is 0.373. The smallest absolute Gasteiger partial charge is 0.225 e. The lowest BCUT2D eigenvalue weighted by Gasteiger charge is -2.21. The first-order valence-corrected chi connectivity index (χ1v) is 10.4. The van der Waals surface area contributed by atoms with E-state index in [1.807, 2.05) is 23.1 Å². The molecule has 158 valence electrons. The zero-order valence-corrected chi connectivity index (χ0v) is 19.6. The van der Waals surface area contributed by atoms with E-state index in [0.29, 0.717) is 12.5 Å². The van der Waals surface area contributed by atoms with Crippen molar-refractivity contribution in [3.05, 3.63) is 35.6 Å². The van der Waals surface area contributed by atoms with Crippen LogP contribution < -0.4 is 10.6 Å². The average molecular weight is 510 g/mol. The number of carbonyl (C=O) groups is 1. The number of guanidine groups is 1. The van der Waals surface area contributed by atoms with Crippen molar-refractivity contribution in [2.75, 3.05) is 20.1 Å². The average Bonchev–Trinajstić information content (AvgIpc) is 3.46. The highest BCUT2D eigenvalue weighted by Gasteiger charge is 2.32. The fraction of sp³-hybridized carbons (Fsp3) is 0.545. The number of nitrogens with zero attached hydrogens (tertiary/aromatic N) is 2. The molecule has 1 aromatic carbocycles. The Balaban J connectivity index is 0.00000240. The summed E-state index contributed by atoms with van der Waals surface area (Å²) < 4.78 is 5.97. The van der Waals surface area contributed by atoms with Crippen molar-refractivity contribution >= 4 is 46.8 Å². The van der Waals surface area contributed by atoms with E-state index in [4.69, 9.17) is 4.42 Å². The molecular formula is C22H31IN4O2. The Bertz CT molecular complexity index is 873. The molecule has 1 atom stereocenters. The van der Waals surface area contributed by atoms with Crippen molar-refractivity contribution < 1.29 is 9.21 Å². The Kier molecular flexibility index (Phi) is 7.43. The molecule has 29 heavy (non-hydrogen) atoms. The maximum atomic E-state index is 12.6. The van der Waals surface area contributed by atoms with E-state index in [1.165, 1.54) is 12.8 Å². The summed E-state index contributed by atoms with van der Waals surface area (Å²) in [5.41, 5.74) is 2.07. The van der Waals surface area contributed by atoms with Gasteiger partial charge >= 0.3 is 0 Å². The van der Waals surface area contributed by atoms with Gasteiger partial charge in [-0.15, -0.1) is 24.0 Å². The number of hydrogen-bond acceptors (Lipinski definition) is 3. The van der Waals surface area contributed by atoms with Gasteiger partial charge in [-0.3, -0.25) is 9.79 Å². The number of amides is 1. The largest absolute Gasteiger partial charge is 0.459 e. The molecule has 0 bridgehead atoms. The second kappa shape index (κ2) is 9.82. The summed E-state index contributed by atoms with van der Waals surface area (Å²) in [6, 6.07) is 8.34. The molecule has 1 aliphatic carbocycles. The number of hydrogen-bond donors (Lipinski definition) is 2. The van der Waals surface area contributed by atoms with E-state index in [9.17, 15) is 4.79 Å². The third-order valence-corrected chi connectivity index (χ3v) is 6.13. The van der Waals surface area contributed by atoms with Crippen molar-refractivity contribution in [2.24, 2.45) is 10.9 Å². The Labute approximate surface area is 189 Å². The standard InChI is InChI=1S/C22H30N4O2.HI/c1-15-18-9-5-6-10-19(18)28-20(15)13-24-22(23-2)25-17-11-12-26(14-17)21(27)16-7-3-4-8-16;/h5-6,9-10,16-17H,3-4,7-8,11-14H2,1-2H3,(H2,23,24,25);1H. The number of aliphatic imine (C=N–C) groups is 1. The Hall–Kier alpha value is -1.77. The molecule has 2 aliphatic rings. The maximum absolute atomic E-state index is 12.6. The van der Waals surface area contributed by atoms with E-state index >= 15 is 0 Å². The molecule has 7 heteroatoms. The lowest BCUT2D eigenvalue weighted by atomic mass is 10.1. The van der Waals surface area contributed by atoms with Crippen LogP contribution in [0.4, 0.5) is 0 Å². The fourth-order valence-electron chi connectivity index (χ4n) is 4.45. The number of rotatable bonds is 4. The number of carbonyl (C=O) groups excluding carboxylic acids is 1. The van der Waals surface area contributed by atoms with Crippen molar-refractivity contribution in [1.82, 2.24) is 15.5 Å². The number of halogens is 1. The van der Waals surface area contributed by atoms with E-state index in [0.717, 1.165) is 60.6 Å². The normalized spacial score (nSPS) is 20.1. The summed E-state index contributed by atoms with van der Waals surface area (Å²) in [7, 11) is 1.78. The minimum Gasteiger partial charge on any atom is -0.459 e. The van der Waals surface area contributed by atoms with Gasteiger partial charge in [0.05, 0.1) is 6.54 Å². The van der Waals surface area contributed by atoms with E-state index in [-0.39, 0.29) is 35.9 Å². The van der Waals surface area contributed by atoms with Gasteiger partial charge in [0.25, 0.3) is 0 Å². The minimum atomic E-state index is 0.